The number of aliphatic carboxylic acids is 1. The second kappa shape index (κ2) is 7.29. The first kappa shape index (κ1) is 20.9. The molecular weight excluding hydrogens is 344 g/mol. The number of aryl methyl sites for hydroxylation is 1. The van der Waals surface area contributed by atoms with Gasteiger partial charge in [-0.15, -0.1) is 0 Å². The Morgan fingerprint density at radius 2 is 1.78 bits per heavy atom. The monoisotopic (exact) mass is 374 g/mol. The maximum atomic E-state index is 13.0. The number of hydrogen-bond acceptors (Lipinski definition) is 4. The van der Waals surface area contributed by atoms with Crippen LogP contribution in [0.4, 0.5) is 0 Å². The normalized spacial score (nSPS) is 13.4. The van der Waals surface area contributed by atoms with Crippen molar-refractivity contribution in [3.05, 3.63) is 23.0 Å². The van der Waals surface area contributed by atoms with Crippen LogP contribution in [0, 0.1) is 12.8 Å². The minimum Gasteiger partial charge on any atom is -0.480 e. The van der Waals surface area contributed by atoms with Gasteiger partial charge in [-0.25, -0.2) is 14.5 Å². The van der Waals surface area contributed by atoms with E-state index >= 15 is 0 Å². The molecule has 0 spiro atoms. The van der Waals surface area contributed by atoms with Gasteiger partial charge in [0.1, 0.15) is 6.04 Å². The number of nitrogens with one attached hydrogen (secondary N) is 1. The van der Waals surface area contributed by atoms with Crippen LogP contribution in [0.2, 0.25) is 0 Å². The van der Waals surface area contributed by atoms with Crippen molar-refractivity contribution in [2.45, 2.75) is 72.9 Å². The first-order valence-corrected chi connectivity index (χ1v) is 9.29. The summed E-state index contributed by atoms with van der Waals surface area (Å²) in [6, 6.07) is 0.796. The Morgan fingerprint density at radius 3 is 2.22 bits per heavy atom. The summed E-state index contributed by atoms with van der Waals surface area (Å²) in [6.45, 7) is 15.5. The fraction of sp³-hybridized carbons (Fsp3) is 0.600. The van der Waals surface area contributed by atoms with Crippen molar-refractivity contribution >= 4 is 22.9 Å². The van der Waals surface area contributed by atoms with Crippen molar-refractivity contribution in [3.8, 4) is 0 Å². The lowest BCUT2D eigenvalue weighted by Crippen LogP contribution is -2.44. The van der Waals surface area contributed by atoms with Crippen molar-refractivity contribution < 1.29 is 14.7 Å². The van der Waals surface area contributed by atoms with E-state index in [0.717, 1.165) is 5.69 Å². The smallest absolute Gasteiger partial charge is 0.326 e. The fourth-order valence-electron chi connectivity index (χ4n) is 2.98. The molecule has 7 nitrogen and oxygen atoms in total. The number of fused-ring (bicyclic) bond motifs is 1. The molecule has 1 amide bonds. The third-order valence-electron chi connectivity index (χ3n) is 4.52. The highest BCUT2D eigenvalue weighted by atomic mass is 16.4. The highest BCUT2D eigenvalue weighted by molar-refractivity contribution is 6.07. The minimum absolute atomic E-state index is 0.116. The Bertz CT molecular complexity index is 875. The van der Waals surface area contributed by atoms with Crippen LogP contribution in [0.1, 0.15) is 76.1 Å². The van der Waals surface area contributed by atoms with Crippen LogP contribution in [0.15, 0.2) is 6.07 Å². The molecule has 7 heteroatoms. The van der Waals surface area contributed by atoms with Crippen molar-refractivity contribution in [3.63, 3.8) is 0 Å². The molecule has 2 aromatic rings. The van der Waals surface area contributed by atoms with Crippen LogP contribution in [0.25, 0.3) is 11.0 Å². The highest BCUT2D eigenvalue weighted by Gasteiger charge is 2.28. The quantitative estimate of drug-likeness (QED) is 0.835. The van der Waals surface area contributed by atoms with Gasteiger partial charge in [-0.05, 0) is 45.6 Å². The van der Waals surface area contributed by atoms with Gasteiger partial charge >= 0.3 is 5.97 Å². The fourth-order valence-corrected chi connectivity index (χ4v) is 2.98. The highest BCUT2D eigenvalue weighted by Crippen LogP contribution is 2.29. The number of carbonyl (C=O) groups excluding carboxylic acids is 1. The SMILES string of the molecule is Cc1nn(C(C)(C)C)c2nc(C(C)C)cc(C(=O)NC(C(=O)O)C(C)C)c12. The Hall–Kier alpha value is -2.44. The minimum atomic E-state index is -1.05. The third-order valence-corrected chi connectivity index (χ3v) is 4.52. The van der Waals surface area contributed by atoms with Gasteiger partial charge < -0.3 is 10.4 Å². The van der Waals surface area contributed by atoms with Crippen molar-refractivity contribution in [2.24, 2.45) is 5.92 Å². The van der Waals surface area contributed by atoms with Crippen LogP contribution >= 0.6 is 0 Å². The molecule has 0 fully saturated rings. The maximum absolute atomic E-state index is 13.0. The molecule has 2 heterocycles. The van der Waals surface area contributed by atoms with Crippen LogP contribution in [0.5, 0.6) is 0 Å². The Labute approximate surface area is 160 Å². The van der Waals surface area contributed by atoms with Crippen molar-refractivity contribution in [1.29, 1.82) is 0 Å². The van der Waals surface area contributed by atoms with Crippen LogP contribution in [-0.4, -0.2) is 37.8 Å². The molecule has 1 atom stereocenters. The number of carboxylic acids is 1. The zero-order valence-electron chi connectivity index (χ0n) is 17.4. The summed E-state index contributed by atoms with van der Waals surface area (Å²) in [6.07, 6.45) is 0. The van der Waals surface area contributed by atoms with E-state index in [1.165, 1.54) is 0 Å². The van der Waals surface area contributed by atoms with Gasteiger partial charge in [0.2, 0.25) is 0 Å². The number of amides is 1. The molecule has 0 aliphatic rings. The first-order chi connectivity index (χ1) is 12.3. The Morgan fingerprint density at radius 1 is 1.19 bits per heavy atom. The molecule has 0 aliphatic heterocycles. The summed E-state index contributed by atoms with van der Waals surface area (Å²) in [5.74, 6) is -1.58. The van der Waals surface area contributed by atoms with Crippen LogP contribution < -0.4 is 5.32 Å². The lowest BCUT2D eigenvalue weighted by molar-refractivity contribution is -0.140. The molecule has 148 valence electrons. The van der Waals surface area contributed by atoms with E-state index in [1.807, 2.05) is 46.2 Å². The molecule has 2 aromatic heterocycles. The number of pyridine rings is 1. The molecule has 0 saturated heterocycles. The van der Waals surface area contributed by atoms with Crippen LogP contribution in [0.3, 0.4) is 0 Å². The summed E-state index contributed by atoms with van der Waals surface area (Å²) in [4.78, 5) is 29.3. The van der Waals surface area contributed by atoms with Gasteiger partial charge in [0, 0.05) is 5.69 Å². The largest absolute Gasteiger partial charge is 0.480 e. The average Bonchev–Trinajstić information content (AvgIpc) is 2.88. The molecule has 0 saturated carbocycles. The predicted octanol–water partition coefficient (Wildman–Crippen LogP) is 3.46. The van der Waals surface area contributed by atoms with Crippen molar-refractivity contribution in [2.75, 3.05) is 0 Å². The van der Waals surface area contributed by atoms with Gasteiger partial charge in [-0.2, -0.15) is 5.10 Å². The molecule has 27 heavy (non-hydrogen) atoms. The number of carboxylic acid groups (broad SMARTS) is 1. The van der Waals surface area contributed by atoms with Gasteiger partial charge in [-0.3, -0.25) is 4.79 Å². The van der Waals surface area contributed by atoms with E-state index in [2.05, 4.69) is 10.4 Å². The van der Waals surface area contributed by atoms with Gasteiger partial charge in [0.05, 0.1) is 22.2 Å². The summed E-state index contributed by atoms with van der Waals surface area (Å²) in [7, 11) is 0. The number of aromatic nitrogens is 3. The zero-order valence-corrected chi connectivity index (χ0v) is 17.4. The summed E-state index contributed by atoms with van der Waals surface area (Å²) >= 11 is 0. The number of hydrogen-bond donors (Lipinski definition) is 2. The molecule has 0 aliphatic carbocycles. The van der Waals surface area contributed by atoms with E-state index in [0.29, 0.717) is 22.3 Å². The molecule has 0 radical (unpaired) electrons. The number of nitrogens with zero attached hydrogens (tertiary/aromatic N) is 3. The second-order valence-electron chi connectivity index (χ2n) is 8.65. The van der Waals surface area contributed by atoms with E-state index in [9.17, 15) is 14.7 Å². The van der Waals surface area contributed by atoms with Gasteiger partial charge in [0.15, 0.2) is 5.65 Å². The van der Waals surface area contributed by atoms with Crippen molar-refractivity contribution in [1.82, 2.24) is 20.1 Å². The number of carbonyl (C=O) groups is 2. The average molecular weight is 374 g/mol. The van der Waals surface area contributed by atoms with E-state index in [4.69, 9.17) is 4.98 Å². The molecule has 2 N–H and O–H groups in total. The molecule has 0 aromatic carbocycles. The number of rotatable bonds is 5. The lowest BCUT2D eigenvalue weighted by atomic mass is 10.0. The van der Waals surface area contributed by atoms with Gasteiger partial charge in [0.25, 0.3) is 5.91 Å². The second-order valence-corrected chi connectivity index (χ2v) is 8.65. The molecule has 2 rings (SSSR count). The van der Waals surface area contributed by atoms with E-state index < -0.39 is 17.9 Å². The van der Waals surface area contributed by atoms with E-state index in [-0.39, 0.29) is 17.4 Å². The topological polar surface area (TPSA) is 97.1 Å². The Balaban J connectivity index is 2.70. The van der Waals surface area contributed by atoms with E-state index in [1.54, 1.807) is 19.9 Å². The zero-order chi connectivity index (χ0) is 20.7. The summed E-state index contributed by atoms with van der Waals surface area (Å²) in [5.41, 5.74) is 2.24. The maximum Gasteiger partial charge on any atom is 0.326 e. The summed E-state index contributed by atoms with van der Waals surface area (Å²) < 4.78 is 1.83. The summed E-state index contributed by atoms with van der Waals surface area (Å²) in [5, 5.41) is 17.4. The molecular formula is C20H30N4O3. The first-order valence-electron chi connectivity index (χ1n) is 9.29. The lowest BCUT2D eigenvalue weighted by Gasteiger charge is -2.21. The van der Waals surface area contributed by atoms with Crippen LogP contribution in [-0.2, 0) is 10.3 Å². The standard InChI is InChI=1S/C20H30N4O3/c1-10(2)14-9-13(18(25)22-16(11(3)4)19(26)27)15-12(5)23-24(17(15)21-14)20(6,7)8/h9-11,16H,1-8H3,(H,22,25)(H,26,27). The van der Waals surface area contributed by atoms with Gasteiger partial charge in [-0.1, -0.05) is 27.7 Å². The third kappa shape index (κ3) is 4.12. The molecule has 0 bridgehead atoms. The molecule has 1 unspecified atom stereocenters. The Kier molecular flexibility index (Phi) is 5.63. The predicted molar refractivity (Wildman–Crippen MR) is 105 cm³/mol.